The Kier molecular flexibility index (Phi) is 3.63. The van der Waals surface area contributed by atoms with Crippen LogP contribution in [0.3, 0.4) is 0 Å². The highest BCUT2D eigenvalue weighted by Crippen LogP contribution is 2.22. The van der Waals surface area contributed by atoms with Crippen molar-refractivity contribution in [2.75, 3.05) is 13.1 Å². The molecule has 1 aromatic carbocycles. The first-order valence-corrected chi connectivity index (χ1v) is 8.26. The van der Waals surface area contributed by atoms with Gasteiger partial charge in [-0.1, -0.05) is 18.2 Å². The average Bonchev–Trinajstić information content (AvgIpc) is 2.91. The zero-order valence-corrected chi connectivity index (χ0v) is 13.9. The normalized spacial score (nSPS) is 16.0. The number of rotatable bonds is 2. The summed E-state index contributed by atoms with van der Waals surface area (Å²) in [5, 5.41) is 0. The van der Waals surface area contributed by atoms with Crippen molar-refractivity contribution in [2.45, 2.75) is 26.4 Å². The molecule has 1 N–H and O–H groups in total. The van der Waals surface area contributed by atoms with E-state index in [1.807, 2.05) is 18.2 Å². The molecule has 0 spiro atoms. The molecule has 2 amide bonds. The molecule has 25 heavy (non-hydrogen) atoms. The smallest absolute Gasteiger partial charge is 0.256 e. The third-order valence-electron chi connectivity index (χ3n) is 4.76. The van der Waals surface area contributed by atoms with E-state index in [0.29, 0.717) is 36.5 Å². The Morgan fingerprint density at radius 3 is 2.84 bits per heavy atom. The summed E-state index contributed by atoms with van der Waals surface area (Å²) in [5.74, 6) is 0.326. The summed E-state index contributed by atoms with van der Waals surface area (Å²) >= 11 is 0. The Balaban J connectivity index is 1.48. The number of carbonyl (C=O) groups excluding carboxylic acids is 2. The molecular formula is C18H18N4O3. The summed E-state index contributed by atoms with van der Waals surface area (Å²) in [4.78, 5) is 47.4. The van der Waals surface area contributed by atoms with E-state index in [-0.39, 0.29) is 30.5 Å². The number of hydrogen-bond donors (Lipinski definition) is 1. The van der Waals surface area contributed by atoms with Crippen LogP contribution in [0.2, 0.25) is 0 Å². The van der Waals surface area contributed by atoms with Crippen LogP contribution in [-0.4, -0.2) is 44.7 Å². The van der Waals surface area contributed by atoms with E-state index in [1.54, 1.807) is 22.8 Å². The lowest BCUT2D eigenvalue weighted by molar-refractivity contribution is -0.132. The molecule has 4 rings (SSSR count). The fourth-order valence-corrected chi connectivity index (χ4v) is 3.47. The largest absolute Gasteiger partial charge is 0.336 e. The molecule has 0 saturated heterocycles. The van der Waals surface area contributed by atoms with Gasteiger partial charge >= 0.3 is 0 Å². The van der Waals surface area contributed by atoms with Crippen LogP contribution in [0.4, 0.5) is 0 Å². The SMILES string of the molecule is Cc1nc2c(c(=O)[nH]1)CN(C(=O)CN1Cc3ccccc3C1=O)CC2. The number of aromatic amines is 1. The van der Waals surface area contributed by atoms with E-state index >= 15 is 0 Å². The number of amides is 2. The van der Waals surface area contributed by atoms with Crippen molar-refractivity contribution in [3.05, 3.63) is 62.8 Å². The van der Waals surface area contributed by atoms with E-state index in [2.05, 4.69) is 9.97 Å². The maximum Gasteiger partial charge on any atom is 0.256 e. The summed E-state index contributed by atoms with van der Waals surface area (Å²) in [6.07, 6.45) is 0.556. The summed E-state index contributed by atoms with van der Waals surface area (Å²) in [5.41, 5.74) is 2.72. The van der Waals surface area contributed by atoms with Crippen molar-refractivity contribution in [3.8, 4) is 0 Å². The van der Waals surface area contributed by atoms with Crippen molar-refractivity contribution >= 4 is 11.8 Å². The zero-order chi connectivity index (χ0) is 17.6. The van der Waals surface area contributed by atoms with Gasteiger partial charge in [0.15, 0.2) is 0 Å². The molecule has 128 valence electrons. The van der Waals surface area contributed by atoms with Crippen LogP contribution in [0.5, 0.6) is 0 Å². The molecule has 0 fully saturated rings. The molecule has 2 aliphatic heterocycles. The highest BCUT2D eigenvalue weighted by atomic mass is 16.2. The molecule has 0 atom stereocenters. The van der Waals surface area contributed by atoms with Crippen LogP contribution in [-0.2, 0) is 24.3 Å². The fraction of sp³-hybridized carbons (Fsp3) is 0.333. The molecule has 0 aliphatic carbocycles. The van der Waals surface area contributed by atoms with Gasteiger partial charge in [-0.25, -0.2) is 4.98 Å². The van der Waals surface area contributed by atoms with Gasteiger partial charge in [0.1, 0.15) is 12.4 Å². The van der Waals surface area contributed by atoms with Gasteiger partial charge in [0.2, 0.25) is 5.91 Å². The highest BCUT2D eigenvalue weighted by molar-refractivity contribution is 6.00. The van der Waals surface area contributed by atoms with Crippen molar-refractivity contribution in [1.82, 2.24) is 19.8 Å². The fourth-order valence-electron chi connectivity index (χ4n) is 3.47. The van der Waals surface area contributed by atoms with Gasteiger partial charge in [-0.2, -0.15) is 0 Å². The number of fused-ring (bicyclic) bond motifs is 2. The Labute approximate surface area is 144 Å². The quantitative estimate of drug-likeness (QED) is 0.870. The van der Waals surface area contributed by atoms with E-state index in [0.717, 1.165) is 11.3 Å². The number of nitrogens with one attached hydrogen (secondary N) is 1. The van der Waals surface area contributed by atoms with Crippen LogP contribution in [0.15, 0.2) is 29.1 Å². The first kappa shape index (κ1) is 15.6. The second kappa shape index (κ2) is 5.84. The van der Waals surface area contributed by atoms with Crippen LogP contribution in [0.25, 0.3) is 0 Å². The minimum Gasteiger partial charge on any atom is -0.336 e. The number of H-pyrrole nitrogens is 1. The lowest BCUT2D eigenvalue weighted by Crippen LogP contribution is -2.44. The van der Waals surface area contributed by atoms with Crippen LogP contribution in [0.1, 0.15) is 33.0 Å². The molecule has 7 heteroatoms. The summed E-state index contributed by atoms with van der Waals surface area (Å²) < 4.78 is 0. The number of benzene rings is 1. The molecule has 3 heterocycles. The minimum atomic E-state index is -0.190. The van der Waals surface area contributed by atoms with Crippen molar-refractivity contribution in [3.63, 3.8) is 0 Å². The third kappa shape index (κ3) is 2.71. The standard InChI is InChI=1S/C18H18N4O3/c1-11-19-15-6-7-21(9-14(15)17(24)20-11)16(23)10-22-8-12-4-2-3-5-13(12)18(22)25/h2-5H,6-10H2,1H3,(H,19,20,24). The second-order valence-electron chi connectivity index (χ2n) is 6.46. The molecule has 2 aliphatic rings. The second-order valence-corrected chi connectivity index (χ2v) is 6.46. The van der Waals surface area contributed by atoms with Crippen LogP contribution < -0.4 is 5.56 Å². The van der Waals surface area contributed by atoms with E-state index in [4.69, 9.17) is 0 Å². The molecule has 0 radical (unpaired) electrons. The average molecular weight is 338 g/mol. The van der Waals surface area contributed by atoms with Crippen LogP contribution in [0, 0.1) is 6.92 Å². The first-order chi connectivity index (χ1) is 12.0. The molecule has 0 bridgehead atoms. The highest BCUT2D eigenvalue weighted by Gasteiger charge is 2.31. The van der Waals surface area contributed by atoms with Gasteiger partial charge in [0.05, 0.1) is 17.8 Å². The summed E-state index contributed by atoms with van der Waals surface area (Å²) in [6, 6.07) is 7.40. The Hall–Kier alpha value is -2.96. The summed E-state index contributed by atoms with van der Waals surface area (Å²) in [6.45, 7) is 2.98. The van der Waals surface area contributed by atoms with E-state index in [9.17, 15) is 14.4 Å². The van der Waals surface area contributed by atoms with Gasteiger partial charge in [0, 0.05) is 25.1 Å². The molecule has 1 aromatic heterocycles. The maximum absolute atomic E-state index is 12.6. The van der Waals surface area contributed by atoms with Crippen molar-refractivity contribution < 1.29 is 9.59 Å². The molecular weight excluding hydrogens is 320 g/mol. The van der Waals surface area contributed by atoms with Gasteiger partial charge in [-0.15, -0.1) is 0 Å². The topological polar surface area (TPSA) is 86.4 Å². The lowest BCUT2D eigenvalue weighted by Gasteiger charge is -2.29. The molecule has 0 unspecified atom stereocenters. The number of carbonyl (C=O) groups is 2. The molecule has 7 nitrogen and oxygen atoms in total. The monoisotopic (exact) mass is 338 g/mol. The van der Waals surface area contributed by atoms with Gasteiger partial charge in [-0.3, -0.25) is 14.4 Å². The predicted molar refractivity (Wildman–Crippen MR) is 89.9 cm³/mol. The molecule has 0 saturated carbocycles. The third-order valence-corrected chi connectivity index (χ3v) is 4.76. The van der Waals surface area contributed by atoms with Gasteiger partial charge in [0.25, 0.3) is 11.5 Å². The Bertz CT molecular complexity index is 934. The lowest BCUT2D eigenvalue weighted by atomic mass is 10.1. The number of nitrogens with zero attached hydrogens (tertiary/aromatic N) is 3. The first-order valence-electron chi connectivity index (χ1n) is 8.26. The van der Waals surface area contributed by atoms with Gasteiger partial charge < -0.3 is 14.8 Å². The van der Waals surface area contributed by atoms with E-state index in [1.165, 1.54) is 0 Å². The Morgan fingerprint density at radius 1 is 1.24 bits per heavy atom. The van der Waals surface area contributed by atoms with Crippen molar-refractivity contribution in [2.24, 2.45) is 0 Å². The van der Waals surface area contributed by atoms with Crippen molar-refractivity contribution in [1.29, 1.82) is 0 Å². The maximum atomic E-state index is 12.6. The van der Waals surface area contributed by atoms with Gasteiger partial charge in [-0.05, 0) is 18.6 Å². The Morgan fingerprint density at radius 2 is 2.04 bits per heavy atom. The van der Waals surface area contributed by atoms with E-state index < -0.39 is 0 Å². The number of aromatic nitrogens is 2. The number of hydrogen-bond acceptors (Lipinski definition) is 4. The predicted octanol–water partition coefficient (Wildman–Crippen LogP) is 0.619. The minimum absolute atomic E-state index is 0.0278. The zero-order valence-electron chi connectivity index (χ0n) is 13.9. The number of aryl methyl sites for hydroxylation is 1. The van der Waals surface area contributed by atoms with Crippen LogP contribution >= 0.6 is 0 Å². The summed E-state index contributed by atoms with van der Waals surface area (Å²) in [7, 11) is 0. The molecule has 2 aromatic rings.